The van der Waals surface area contributed by atoms with E-state index in [0.29, 0.717) is 0 Å². The van der Waals surface area contributed by atoms with E-state index in [0.717, 1.165) is 27.6 Å². The lowest BCUT2D eigenvalue weighted by molar-refractivity contribution is 0.577. The molecule has 0 amide bonds. The van der Waals surface area contributed by atoms with E-state index in [-0.39, 0.29) is 6.04 Å². The van der Waals surface area contributed by atoms with Gasteiger partial charge in [0.25, 0.3) is 0 Å². The fraction of sp³-hybridized carbons (Fsp3) is 0.286. The summed E-state index contributed by atoms with van der Waals surface area (Å²) >= 11 is 3.46. The van der Waals surface area contributed by atoms with E-state index >= 15 is 0 Å². The molecule has 3 aromatic rings. The minimum absolute atomic E-state index is 0.241. The SMILES string of the molecule is CNC(Cc1nc2ccccc2s1)c1csc(C)n1. The van der Waals surface area contributed by atoms with Gasteiger partial charge in [-0.1, -0.05) is 12.1 Å². The molecule has 0 aliphatic rings. The lowest BCUT2D eigenvalue weighted by Gasteiger charge is -2.11. The van der Waals surface area contributed by atoms with Gasteiger partial charge in [-0.3, -0.25) is 0 Å². The molecule has 2 aromatic heterocycles. The predicted octanol–water partition coefficient (Wildman–Crippen LogP) is 3.56. The van der Waals surface area contributed by atoms with Crippen LogP contribution in [-0.2, 0) is 6.42 Å². The largest absolute Gasteiger partial charge is 0.311 e. The second-order valence-electron chi connectivity index (χ2n) is 4.41. The third kappa shape index (κ3) is 2.68. The number of aromatic nitrogens is 2. The van der Waals surface area contributed by atoms with E-state index in [2.05, 4.69) is 38.9 Å². The Hall–Kier alpha value is -1.30. The molecule has 0 fully saturated rings. The number of benzene rings is 1. The highest BCUT2D eigenvalue weighted by Gasteiger charge is 2.15. The van der Waals surface area contributed by atoms with E-state index in [1.54, 1.807) is 22.7 Å². The van der Waals surface area contributed by atoms with E-state index in [1.165, 1.54) is 4.70 Å². The molecule has 98 valence electrons. The van der Waals surface area contributed by atoms with Crippen molar-refractivity contribution in [3.63, 3.8) is 0 Å². The molecule has 0 aliphatic carbocycles. The van der Waals surface area contributed by atoms with Gasteiger partial charge in [0, 0.05) is 11.8 Å². The highest BCUT2D eigenvalue weighted by Crippen LogP contribution is 2.26. The van der Waals surface area contributed by atoms with Crippen molar-refractivity contribution in [1.82, 2.24) is 15.3 Å². The maximum atomic E-state index is 4.69. The summed E-state index contributed by atoms with van der Waals surface area (Å²) in [5, 5.41) is 7.73. The number of likely N-dealkylation sites (N-methyl/N-ethyl adjacent to an activating group) is 1. The first-order valence-electron chi connectivity index (χ1n) is 6.20. The van der Waals surface area contributed by atoms with Gasteiger partial charge in [0.05, 0.1) is 32.0 Å². The predicted molar refractivity (Wildman–Crippen MR) is 82.0 cm³/mol. The van der Waals surface area contributed by atoms with Gasteiger partial charge in [-0.15, -0.1) is 22.7 Å². The average molecular weight is 289 g/mol. The van der Waals surface area contributed by atoms with Gasteiger partial charge < -0.3 is 5.32 Å². The first-order valence-corrected chi connectivity index (χ1v) is 7.89. The summed E-state index contributed by atoms with van der Waals surface area (Å²) in [6, 6.07) is 8.52. The molecular formula is C14H15N3S2. The second kappa shape index (κ2) is 5.36. The van der Waals surface area contributed by atoms with E-state index in [4.69, 9.17) is 0 Å². The van der Waals surface area contributed by atoms with Crippen LogP contribution in [0.5, 0.6) is 0 Å². The molecule has 1 unspecified atom stereocenters. The average Bonchev–Trinajstić information content (AvgIpc) is 3.01. The minimum Gasteiger partial charge on any atom is -0.311 e. The minimum atomic E-state index is 0.241. The topological polar surface area (TPSA) is 37.8 Å². The number of fused-ring (bicyclic) bond motifs is 1. The van der Waals surface area contributed by atoms with Crippen LogP contribution < -0.4 is 5.32 Å². The fourth-order valence-corrected chi connectivity index (χ4v) is 3.76. The molecule has 0 radical (unpaired) electrons. The van der Waals surface area contributed by atoms with Crippen LogP contribution in [0.2, 0.25) is 0 Å². The van der Waals surface area contributed by atoms with Crippen molar-refractivity contribution in [3.8, 4) is 0 Å². The van der Waals surface area contributed by atoms with Crippen LogP contribution in [0, 0.1) is 6.92 Å². The highest BCUT2D eigenvalue weighted by molar-refractivity contribution is 7.18. The standard InChI is InChI=1S/C14H15N3S2/c1-9-16-12(8-18-9)11(15-2)7-14-17-10-5-3-4-6-13(10)19-14/h3-6,8,11,15H,7H2,1-2H3. The van der Waals surface area contributed by atoms with Crippen molar-refractivity contribution in [2.45, 2.75) is 19.4 Å². The molecule has 0 saturated heterocycles. The zero-order valence-electron chi connectivity index (χ0n) is 10.9. The van der Waals surface area contributed by atoms with Gasteiger partial charge in [0.2, 0.25) is 0 Å². The number of hydrogen-bond donors (Lipinski definition) is 1. The van der Waals surface area contributed by atoms with Gasteiger partial charge >= 0.3 is 0 Å². The van der Waals surface area contributed by atoms with Crippen LogP contribution in [0.3, 0.4) is 0 Å². The van der Waals surface area contributed by atoms with Crippen LogP contribution in [0.4, 0.5) is 0 Å². The Bertz CT molecular complexity index is 654. The van der Waals surface area contributed by atoms with Crippen LogP contribution in [0.25, 0.3) is 10.2 Å². The summed E-state index contributed by atoms with van der Waals surface area (Å²) in [7, 11) is 1.98. The van der Waals surface area contributed by atoms with Crippen LogP contribution in [0.1, 0.15) is 21.8 Å². The number of aryl methyl sites for hydroxylation is 1. The van der Waals surface area contributed by atoms with Gasteiger partial charge in [-0.05, 0) is 26.1 Å². The first kappa shape index (κ1) is 12.7. The Kier molecular flexibility index (Phi) is 3.59. The Morgan fingerprint density at radius 2 is 2.11 bits per heavy atom. The van der Waals surface area contributed by atoms with Crippen molar-refractivity contribution in [2.75, 3.05) is 7.05 Å². The third-order valence-corrected chi connectivity index (χ3v) is 4.91. The summed E-state index contributed by atoms with van der Waals surface area (Å²) < 4.78 is 1.25. The molecule has 3 rings (SSSR count). The fourth-order valence-electron chi connectivity index (χ4n) is 2.08. The molecule has 0 spiro atoms. The van der Waals surface area contributed by atoms with Crippen LogP contribution >= 0.6 is 22.7 Å². The van der Waals surface area contributed by atoms with Gasteiger partial charge in [-0.25, -0.2) is 9.97 Å². The quantitative estimate of drug-likeness (QED) is 0.798. The van der Waals surface area contributed by atoms with Gasteiger partial charge in [-0.2, -0.15) is 0 Å². The summed E-state index contributed by atoms with van der Waals surface area (Å²) in [5.41, 5.74) is 2.20. The zero-order valence-corrected chi connectivity index (χ0v) is 12.5. The van der Waals surface area contributed by atoms with E-state index in [9.17, 15) is 0 Å². The van der Waals surface area contributed by atoms with Gasteiger partial charge in [0.1, 0.15) is 0 Å². The monoisotopic (exact) mass is 289 g/mol. The molecule has 1 atom stereocenters. The molecule has 1 N–H and O–H groups in total. The molecule has 5 heteroatoms. The maximum Gasteiger partial charge on any atom is 0.0958 e. The highest BCUT2D eigenvalue weighted by atomic mass is 32.1. The molecular weight excluding hydrogens is 274 g/mol. The number of hydrogen-bond acceptors (Lipinski definition) is 5. The van der Waals surface area contributed by atoms with Crippen molar-refractivity contribution >= 4 is 32.9 Å². The Labute approximate surface area is 120 Å². The van der Waals surface area contributed by atoms with Crippen molar-refractivity contribution in [3.05, 3.63) is 45.4 Å². The molecule has 0 bridgehead atoms. The Morgan fingerprint density at radius 3 is 2.79 bits per heavy atom. The lowest BCUT2D eigenvalue weighted by Crippen LogP contribution is -2.19. The second-order valence-corrected chi connectivity index (χ2v) is 6.59. The molecule has 3 nitrogen and oxygen atoms in total. The zero-order chi connectivity index (χ0) is 13.2. The summed E-state index contributed by atoms with van der Waals surface area (Å²) in [5.74, 6) is 0. The van der Waals surface area contributed by atoms with Gasteiger partial charge in [0.15, 0.2) is 0 Å². The third-order valence-electron chi connectivity index (χ3n) is 3.06. The number of thiazole rings is 2. The number of rotatable bonds is 4. The Balaban J connectivity index is 1.86. The van der Waals surface area contributed by atoms with Crippen LogP contribution in [-0.4, -0.2) is 17.0 Å². The van der Waals surface area contributed by atoms with Crippen molar-refractivity contribution < 1.29 is 0 Å². The number of nitrogens with zero attached hydrogens (tertiary/aromatic N) is 2. The number of para-hydroxylation sites is 1. The molecule has 1 aromatic carbocycles. The number of nitrogens with one attached hydrogen (secondary N) is 1. The van der Waals surface area contributed by atoms with E-state index in [1.807, 2.05) is 20.0 Å². The maximum absolute atomic E-state index is 4.69. The van der Waals surface area contributed by atoms with Crippen LogP contribution in [0.15, 0.2) is 29.6 Å². The normalized spacial score (nSPS) is 12.9. The molecule has 19 heavy (non-hydrogen) atoms. The summed E-state index contributed by atoms with van der Waals surface area (Å²) in [6.45, 7) is 2.04. The Morgan fingerprint density at radius 1 is 1.26 bits per heavy atom. The molecule has 2 heterocycles. The lowest BCUT2D eigenvalue weighted by atomic mass is 10.1. The summed E-state index contributed by atoms with van der Waals surface area (Å²) in [6.07, 6.45) is 0.888. The molecule has 0 aliphatic heterocycles. The smallest absolute Gasteiger partial charge is 0.0958 e. The first-order chi connectivity index (χ1) is 9.26. The summed E-state index contributed by atoms with van der Waals surface area (Å²) in [4.78, 5) is 9.25. The van der Waals surface area contributed by atoms with Crippen molar-refractivity contribution in [2.24, 2.45) is 0 Å². The van der Waals surface area contributed by atoms with E-state index < -0.39 is 0 Å². The van der Waals surface area contributed by atoms with Crippen molar-refractivity contribution in [1.29, 1.82) is 0 Å². The molecule has 0 saturated carbocycles.